The van der Waals surface area contributed by atoms with Crippen molar-refractivity contribution in [2.75, 3.05) is 13.7 Å². The second-order valence-corrected chi connectivity index (χ2v) is 11.3. The Bertz CT molecular complexity index is 1610. The van der Waals surface area contributed by atoms with Gasteiger partial charge >= 0.3 is 0 Å². The quantitative estimate of drug-likeness (QED) is 0.368. The molecule has 40 heavy (non-hydrogen) atoms. The zero-order valence-electron chi connectivity index (χ0n) is 23.4. The van der Waals surface area contributed by atoms with Gasteiger partial charge in [0.25, 0.3) is 5.91 Å². The van der Waals surface area contributed by atoms with Crippen LogP contribution in [-0.2, 0) is 6.54 Å². The van der Waals surface area contributed by atoms with Crippen LogP contribution in [0.2, 0.25) is 0 Å². The monoisotopic (exact) mass is 537 g/mol. The summed E-state index contributed by atoms with van der Waals surface area (Å²) in [5.74, 6) is 1.99. The van der Waals surface area contributed by atoms with Gasteiger partial charge in [-0.3, -0.25) is 9.78 Å². The van der Waals surface area contributed by atoms with E-state index in [1.54, 1.807) is 13.3 Å². The van der Waals surface area contributed by atoms with Crippen LogP contribution in [0.3, 0.4) is 0 Å². The Morgan fingerprint density at radius 1 is 1.23 bits per heavy atom. The predicted octanol–water partition coefficient (Wildman–Crippen LogP) is 4.61. The van der Waals surface area contributed by atoms with Crippen molar-refractivity contribution in [3.8, 4) is 23.3 Å². The van der Waals surface area contributed by atoms with Gasteiger partial charge < -0.3 is 24.5 Å². The van der Waals surface area contributed by atoms with Crippen LogP contribution in [0.4, 0.5) is 0 Å². The van der Waals surface area contributed by atoms with Crippen LogP contribution in [0.1, 0.15) is 61.4 Å². The third-order valence-electron chi connectivity index (χ3n) is 8.63. The maximum Gasteiger partial charge on any atom is 0.254 e. The fourth-order valence-electron chi connectivity index (χ4n) is 6.02. The third-order valence-corrected chi connectivity index (χ3v) is 8.63. The second-order valence-electron chi connectivity index (χ2n) is 11.3. The molecule has 3 aromatic heterocycles. The smallest absolute Gasteiger partial charge is 0.254 e. The molecule has 1 aliphatic carbocycles. The molecule has 9 nitrogen and oxygen atoms in total. The number of hydrogen-bond acceptors (Lipinski definition) is 6. The molecule has 4 atom stereocenters. The zero-order valence-corrected chi connectivity index (χ0v) is 23.4. The minimum absolute atomic E-state index is 0.0587. The first kappa shape index (κ1) is 26.1. The Morgan fingerprint density at radius 2 is 2.02 bits per heavy atom. The van der Waals surface area contributed by atoms with Crippen molar-refractivity contribution in [3.05, 3.63) is 65.6 Å². The number of rotatable bonds is 7. The highest BCUT2D eigenvalue weighted by Gasteiger charge is 2.38. The minimum atomic E-state index is -0.191. The maximum absolute atomic E-state index is 13.7. The van der Waals surface area contributed by atoms with E-state index in [0.717, 1.165) is 23.4 Å². The van der Waals surface area contributed by atoms with Crippen molar-refractivity contribution in [3.63, 3.8) is 0 Å². The molecule has 4 aromatic rings. The van der Waals surface area contributed by atoms with Gasteiger partial charge in [-0.25, -0.2) is 4.98 Å². The minimum Gasteiger partial charge on any atom is -0.494 e. The number of carbonyl (C=O) groups excluding carboxylic acids is 1. The third kappa shape index (κ3) is 4.33. The number of hydrogen-bond donors (Lipinski definition) is 1. The van der Waals surface area contributed by atoms with Crippen LogP contribution in [0.15, 0.2) is 48.7 Å². The van der Waals surface area contributed by atoms with E-state index in [-0.39, 0.29) is 30.0 Å². The van der Waals surface area contributed by atoms with E-state index in [9.17, 15) is 10.1 Å². The van der Waals surface area contributed by atoms with Crippen molar-refractivity contribution in [1.29, 1.82) is 5.26 Å². The summed E-state index contributed by atoms with van der Waals surface area (Å²) in [5, 5.41) is 9.87. The molecule has 1 saturated carbocycles. The molecule has 1 amide bonds. The molecule has 1 aromatic carbocycles. The van der Waals surface area contributed by atoms with Gasteiger partial charge in [0.2, 0.25) is 0 Å². The van der Waals surface area contributed by atoms with Crippen LogP contribution in [0.5, 0.6) is 5.75 Å². The fraction of sp³-hybridized carbons (Fsp3) is 0.419. The van der Waals surface area contributed by atoms with Crippen LogP contribution in [0.25, 0.3) is 22.6 Å². The molecule has 4 heterocycles. The standard InChI is InChI=1S/C31H35N7O2/c1-18-16-36(20(3)28(18)33)31(39)22-13-25-29(27(14-22)40-4)38(19(2)24-7-5-6-12-34-24)30(35-25)26-11-10-23(15-32)37(26)17-21-8-9-21/h5-7,10-14,18-21,28H,8-9,16-17,33H2,1-4H3/t18-,19+,20-,28-/m1/s1. The van der Waals surface area contributed by atoms with E-state index in [1.165, 1.54) is 12.8 Å². The van der Waals surface area contributed by atoms with Gasteiger partial charge in [0.15, 0.2) is 5.82 Å². The average Bonchev–Trinajstić information content (AvgIpc) is 3.49. The zero-order chi connectivity index (χ0) is 28.1. The average molecular weight is 538 g/mol. The van der Waals surface area contributed by atoms with Crippen LogP contribution >= 0.6 is 0 Å². The summed E-state index contributed by atoms with van der Waals surface area (Å²) in [6.07, 6.45) is 4.12. The highest BCUT2D eigenvalue weighted by molar-refractivity contribution is 6.00. The first-order chi connectivity index (χ1) is 19.3. The van der Waals surface area contributed by atoms with Crippen molar-refractivity contribution in [1.82, 2.24) is 24.0 Å². The summed E-state index contributed by atoms with van der Waals surface area (Å²) in [7, 11) is 1.62. The SMILES string of the molecule is COc1cc(C(=O)N2C[C@@H](C)[C@@H](N)[C@H]2C)cc2nc(-c3ccc(C#N)n3CC3CC3)n([C@@H](C)c3ccccn3)c12. The van der Waals surface area contributed by atoms with Gasteiger partial charge in [0.1, 0.15) is 23.0 Å². The van der Waals surface area contributed by atoms with Gasteiger partial charge in [0.05, 0.1) is 30.1 Å². The molecule has 6 rings (SSSR count). The van der Waals surface area contributed by atoms with Gasteiger partial charge in [-0.2, -0.15) is 5.26 Å². The number of fused-ring (bicyclic) bond motifs is 1. The Hall–Kier alpha value is -4.16. The molecule has 2 N–H and O–H groups in total. The molecule has 0 radical (unpaired) electrons. The van der Waals surface area contributed by atoms with Crippen molar-refractivity contribution >= 4 is 16.9 Å². The van der Waals surface area contributed by atoms with E-state index < -0.39 is 0 Å². The maximum atomic E-state index is 13.7. The van der Waals surface area contributed by atoms with Crippen LogP contribution in [0, 0.1) is 23.2 Å². The molecular formula is C31H35N7O2. The molecule has 0 unspecified atom stereocenters. The molecular weight excluding hydrogens is 502 g/mol. The first-order valence-electron chi connectivity index (χ1n) is 14.0. The number of nitriles is 1. The number of aromatic nitrogens is 4. The van der Waals surface area contributed by atoms with E-state index >= 15 is 0 Å². The van der Waals surface area contributed by atoms with E-state index in [1.807, 2.05) is 54.3 Å². The number of ether oxygens (including phenoxy) is 1. The summed E-state index contributed by atoms with van der Waals surface area (Å²) in [6.45, 7) is 7.56. The van der Waals surface area contributed by atoms with Gasteiger partial charge in [0, 0.05) is 36.9 Å². The number of benzene rings is 1. The molecule has 1 aliphatic heterocycles. The molecule has 1 saturated heterocycles. The van der Waals surface area contributed by atoms with Crippen LogP contribution in [-0.4, -0.2) is 55.6 Å². The van der Waals surface area contributed by atoms with Gasteiger partial charge in [-0.1, -0.05) is 13.0 Å². The van der Waals surface area contributed by atoms with E-state index in [4.69, 9.17) is 15.5 Å². The lowest BCUT2D eigenvalue weighted by atomic mass is 10.0. The lowest BCUT2D eigenvalue weighted by Gasteiger charge is -2.23. The number of nitrogens with zero attached hydrogens (tertiary/aromatic N) is 6. The fourth-order valence-corrected chi connectivity index (χ4v) is 6.02. The predicted molar refractivity (Wildman–Crippen MR) is 153 cm³/mol. The van der Waals surface area contributed by atoms with Gasteiger partial charge in [-0.15, -0.1) is 0 Å². The lowest BCUT2D eigenvalue weighted by molar-refractivity contribution is 0.0739. The van der Waals surface area contributed by atoms with E-state index in [2.05, 4.69) is 34.0 Å². The Morgan fingerprint density at radius 3 is 2.65 bits per heavy atom. The van der Waals surface area contributed by atoms with Crippen LogP contribution < -0.4 is 10.5 Å². The molecule has 0 bridgehead atoms. The number of pyridine rings is 1. The normalized spacial score (nSPS) is 21.5. The highest BCUT2D eigenvalue weighted by Crippen LogP contribution is 2.39. The number of imidazole rings is 1. The highest BCUT2D eigenvalue weighted by atomic mass is 16.5. The number of nitrogens with two attached hydrogens (primary N) is 1. The first-order valence-corrected chi connectivity index (χ1v) is 14.0. The molecule has 2 aliphatic rings. The second kappa shape index (κ2) is 10.1. The number of amides is 1. The Kier molecular flexibility index (Phi) is 6.59. The summed E-state index contributed by atoms with van der Waals surface area (Å²) in [6, 6.07) is 15.4. The number of likely N-dealkylation sites (tertiary alicyclic amines) is 1. The Balaban J connectivity index is 1.55. The summed E-state index contributed by atoms with van der Waals surface area (Å²) < 4.78 is 10.1. The lowest BCUT2D eigenvalue weighted by Crippen LogP contribution is -2.40. The largest absolute Gasteiger partial charge is 0.494 e. The molecule has 2 fully saturated rings. The molecule has 0 spiro atoms. The number of carbonyl (C=O) groups is 1. The molecule has 206 valence electrons. The summed E-state index contributed by atoms with van der Waals surface area (Å²) in [4.78, 5) is 25.3. The molecule has 9 heteroatoms. The van der Waals surface area contributed by atoms with Crippen molar-refractivity contribution in [2.45, 2.75) is 58.3 Å². The topological polar surface area (TPSA) is 115 Å². The van der Waals surface area contributed by atoms with E-state index in [0.29, 0.717) is 40.8 Å². The van der Waals surface area contributed by atoms with Crippen molar-refractivity contribution in [2.24, 2.45) is 17.6 Å². The summed E-state index contributed by atoms with van der Waals surface area (Å²) >= 11 is 0. The van der Waals surface area contributed by atoms with Crippen molar-refractivity contribution < 1.29 is 9.53 Å². The number of methoxy groups -OCH3 is 1. The van der Waals surface area contributed by atoms with Gasteiger partial charge in [-0.05, 0) is 74.9 Å². The Labute approximate surface area is 234 Å². The summed E-state index contributed by atoms with van der Waals surface area (Å²) in [5.41, 5.74) is 10.7.